The topological polar surface area (TPSA) is 64.4 Å². The number of carbonyl (C=O) groups is 2. The number of hydrogen-bond donors (Lipinski definition) is 0. The van der Waals surface area contributed by atoms with E-state index in [1.54, 1.807) is 0 Å². The van der Waals surface area contributed by atoms with E-state index in [0.717, 1.165) is 28.0 Å². The van der Waals surface area contributed by atoms with Crippen LogP contribution in [0.15, 0.2) is 48.5 Å². The first-order valence-electron chi connectivity index (χ1n) is 8.80. The van der Waals surface area contributed by atoms with Gasteiger partial charge in [-0.3, -0.25) is 9.59 Å². The number of rotatable bonds is 6. The lowest BCUT2D eigenvalue weighted by Crippen LogP contribution is -2.38. The van der Waals surface area contributed by atoms with Gasteiger partial charge in [0.2, 0.25) is 5.91 Å². The lowest BCUT2D eigenvalue weighted by molar-refractivity contribution is -0.147. The summed E-state index contributed by atoms with van der Waals surface area (Å²) in [6, 6.07) is 15.5. The van der Waals surface area contributed by atoms with Gasteiger partial charge in [-0.1, -0.05) is 36.4 Å². The number of aromatic nitrogens is 2. The van der Waals surface area contributed by atoms with Crippen LogP contribution in [-0.2, 0) is 27.4 Å². The lowest BCUT2D eigenvalue weighted by Gasteiger charge is -2.23. The first-order chi connectivity index (χ1) is 13.0. The maximum atomic E-state index is 13.0. The number of carbonyl (C=O) groups excluding carboxylic acids is 2. The normalized spacial score (nSPS) is 10.8. The van der Waals surface area contributed by atoms with E-state index in [4.69, 9.17) is 4.74 Å². The molecule has 0 unspecified atom stereocenters. The third-order valence-electron chi connectivity index (χ3n) is 4.66. The molecule has 1 heterocycles. The SMILES string of the molecule is COC(=O)CN(Cc1ccccc1C)C(=O)Cn1c(C)nc2ccccc21. The summed E-state index contributed by atoms with van der Waals surface area (Å²) in [6.07, 6.45) is 0. The highest BCUT2D eigenvalue weighted by Crippen LogP contribution is 2.17. The van der Waals surface area contributed by atoms with Crippen LogP contribution in [0.5, 0.6) is 0 Å². The Morgan fingerprint density at radius 3 is 2.52 bits per heavy atom. The summed E-state index contributed by atoms with van der Waals surface area (Å²) in [5, 5.41) is 0. The Bertz CT molecular complexity index is 978. The molecule has 3 rings (SSSR count). The third kappa shape index (κ3) is 4.16. The Morgan fingerprint density at radius 2 is 1.78 bits per heavy atom. The summed E-state index contributed by atoms with van der Waals surface area (Å²) in [4.78, 5) is 30.9. The van der Waals surface area contributed by atoms with Gasteiger partial charge in [0.15, 0.2) is 0 Å². The van der Waals surface area contributed by atoms with Crippen LogP contribution in [0, 0.1) is 13.8 Å². The van der Waals surface area contributed by atoms with Crippen LogP contribution in [-0.4, -0.2) is 40.0 Å². The Balaban J connectivity index is 1.87. The fourth-order valence-electron chi connectivity index (χ4n) is 3.08. The fourth-order valence-corrected chi connectivity index (χ4v) is 3.08. The van der Waals surface area contributed by atoms with Gasteiger partial charge in [0.25, 0.3) is 0 Å². The van der Waals surface area contributed by atoms with E-state index in [2.05, 4.69) is 4.98 Å². The van der Waals surface area contributed by atoms with E-state index in [-0.39, 0.29) is 19.0 Å². The van der Waals surface area contributed by atoms with E-state index >= 15 is 0 Å². The number of amides is 1. The first-order valence-corrected chi connectivity index (χ1v) is 8.80. The molecule has 27 heavy (non-hydrogen) atoms. The van der Waals surface area contributed by atoms with Crippen LogP contribution in [0.2, 0.25) is 0 Å². The first kappa shape index (κ1) is 18.6. The highest BCUT2D eigenvalue weighted by atomic mass is 16.5. The molecule has 3 aromatic rings. The van der Waals surface area contributed by atoms with Crippen LogP contribution in [0.3, 0.4) is 0 Å². The Kier molecular flexibility index (Phi) is 5.54. The number of ether oxygens (including phenoxy) is 1. The molecular formula is C21H23N3O3. The molecule has 0 aliphatic heterocycles. The number of methoxy groups -OCH3 is 1. The molecule has 0 saturated carbocycles. The number of nitrogens with zero attached hydrogens (tertiary/aromatic N) is 3. The van der Waals surface area contributed by atoms with Crippen molar-refractivity contribution in [1.29, 1.82) is 0 Å². The van der Waals surface area contributed by atoms with E-state index in [1.807, 2.05) is 66.9 Å². The third-order valence-corrected chi connectivity index (χ3v) is 4.66. The van der Waals surface area contributed by atoms with Crippen LogP contribution in [0.1, 0.15) is 17.0 Å². The second-order valence-electron chi connectivity index (χ2n) is 6.49. The van der Waals surface area contributed by atoms with Crippen LogP contribution >= 0.6 is 0 Å². The molecule has 0 aliphatic rings. The van der Waals surface area contributed by atoms with Crippen molar-refractivity contribution in [3.05, 3.63) is 65.5 Å². The summed E-state index contributed by atoms with van der Waals surface area (Å²) >= 11 is 0. The van der Waals surface area contributed by atoms with Crippen molar-refractivity contribution in [2.45, 2.75) is 26.9 Å². The zero-order valence-electron chi connectivity index (χ0n) is 15.8. The van der Waals surface area contributed by atoms with Crippen molar-refractivity contribution in [3.8, 4) is 0 Å². The molecule has 6 nitrogen and oxygen atoms in total. The molecule has 1 aromatic heterocycles. The van der Waals surface area contributed by atoms with E-state index in [1.165, 1.54) is 12.0 Å². The molecule has 0 N–H and O–H groups in total. The summed E-state index contributed by atoms with van der Waals surface area (Å²) < 4.78 is 6.65. The summed E-state index contributed by atoms with van der Waals surface area (Å²) in [6.45, 7) is 4.25. The predicted molar refractivity (Wildman–Crippen MR) is 103 cm³/mol. The number of fused-ring (bicyclic) bond motifs is 1. The second kappa shape index (κ2) is 8.03. The minimum Gasteiger partial charge on any atom is -0.468 e. The molecule has 0 radical (unpaired) electrons. The number of para-hydroxylation sites is 2. The van der Waals surface area contributed by atoms with Crippen molar-refractivity contribution in [2.75, 3.05) is 13.7 Å². The average Bonchev–Trinajstić information content (AvgIpc) is 2.98. The summed E-state index contributed by atoms with van der Waals surface area (Å²) in [7, 11) is 1.33. The highest BCUT2D eigenvalue weighted by molar-refractivity contribution is 5.84. The second-order valence-corrected chi connectivity index (χ2v) is 6.49. The molecule has 0 spiro atoms. The Hall–Kier alpha value is -3.15. The number of imidazole rings is 1. The van der Waals surface area contributed by atoms with Gasteiger partial charge in [-0.25, -0.2) is 4.98 Å². The predicted octanol–water partition coefficient (Wildman–Crippen LogP) is 2.85. The van der Waals surface area contributed by atoms with Gasteiger partial charge < -0.3 is 14.2 Å². The van der Waals surface area contributed by atoms with Crippen LogP contribution in [0.25, 0.3) is 11.0 Å². The Labute approximate surface area is 158 Å². The van der Waals surface area contributed by atoms with E-state index < -0.39 is 5.97 Å². The zero-order valence-corrected chi connectivity index (χ0v) is 15.8. The van der Waals surface area contributed by atoms with Gasteiger partial charge in [-0.15, -0.1) is 0 Å². The van der Waals surface area contributed by atoms with Gasteiger partial charge >= 0.3 is 5.97 Å². The molecular weight excluding hydrogens is 342 g/mol. The lowest BCUT2D eigenvalue weighted by atomic mass is 10.1. The molecule has 0 aliphatic carbocycles. The van der Waals surface area contributed by atoms with Gasteiger partial charge in [-0.2, -0.15) is 0 Å². The molecule has 0 saturated heterocycles. The van der Waals surface area contributed by atoms with Crippen molar-refractivity contribution in [3.63, 3.8) is 0 Å². The molecule has 0 bridgehead atoms. The quantitative estimate of drug-likeness (QED) is 0.630. The smallest absolute Gasteiger partial charge is 0.325 e. The van der Waals surface area contributed by atoms with Gasteiger partial charge in [0.05, 0.1) is 18.1 Å². The largest absolute Gasteiger partial charge is 0.468 e. The zero-order chi connectivity index (χ0) is 19.4. The van der Waals surface area contributed by atoms with E-state index in [0.29, 0.717) is 6.54 Å². The van der Waals surface area contributed by atoms with Crippen molar-refractivity contribution >= 4 is 22.9 Å². The minimum absolute atomic E-state index is 0.0880. The monoisotopic (exact) mass is 365 g/mol. The van der Waals surface area contributed by atoms with Crippen LogP contribution < -0.4 is 0 Å². The van der Waals surface area contributed by atoms with Gasteiger partial charge in [0.1, 0.15) is 18.9 Å². The standard InChI is InChI=1S/C21H23N3O3/c1-15-8-4-5-9-17(15)12-23(14-21(26)27-3)20(25)13-24-16(2)22-18-10-6-7-11-19(18)24/h4-11H,12-14H2,1-3H3. The van der Waals surface area contributed by atoms with Gasteiger partial charge in [0, 0.05) is 6.54 Å². The molecule has 0 fully saturated rings. The fraction of sp³-hybridized carbons (Fsp3) is 0.286. The number of benzene rings is 2. The minimum atomic E-state index is -0.441. The number of esters is 1. The Morgan fingerprint density at radius 1 is 1.07 bits per heavy atom. The molecule has 0 atom stereocenters. The maximum absolute atomic E-state index is 13.0. The van der Waals surface area contributed by atoms with Crippen molar-refractivity contribution in [1.82, 2.24) is 14.5 Å². The van der Waals surface area contributed by atoms with Crippen molar-refractivity contribution in [2.24, 2.45) is 0 Å². The van der Waals surface area contributed by atoms with Gasteiger partial charge in [-0.05, 0) is 37.1 Å². The number of hydrogen-bond acceptors (Lipinski definition) is 4. The molecule has 1 amide bonds. The maximum Gasteiger partial charge on any atom is 0.325 e. The average molecular weight is 365 g/mol. The molecule has 140 valence electrons. The molecule has 2 aromatic carbocycles. The highest BCUT2D eigenvalue weighted by Gasteiger charge is 2.20. The molecule has 6 heteroatoms. The summed E-state index contributed by atoms with van der Waals surface area (Å²) in [5.74, 6) is 0.164. The van der Waals surface area contributed by atoms with Crippen molar-refractivity contribution < 1.29 is 14.3 Å². The summed E-state index contributed by atoms with van der Waals surface area (Å²) in [5.41, 5.74) is 3.82. The van der Waals surface area contributed by atoms with Crippen LogP contribution in [0.4, 0.5) is 0 Å². The van der Waals surface area contributed by atoms with E-state index in [9.17, 15) is 9.59 Å². The number of aryl methyl sites for hydroxylation is 2.